The Bertz CT molecular complexity index is 604. The van der Waals surface area contributed by atoms with Gasteiger partial charge in [0.1, 0.15) is 12.1 Å². The fourth-order valence-corrected chi connectivity index (χ4v) is 2.55. The van der Waals surface area contributed by atoms with Gasteiger partial charge in [-0.3, -0.25) is 14.4 Å². The molecule has 1 aromatic carbocycles. The van der Waals surface area contributed by atoms with Gasteiger partial charge in [-0.25, -0.2) is 0 Å². The third kappa shape index (κ3) is 6.48. The van der Waals surface area contributed by atoms with Gasteiger partial charge in [0.15, 0.2) is 0 Å². The molecule has 1 rings (SSSR count). The number of nitrogens with one attached hydrogen (secondary N) is 2. The molecule has 0 aromatic heterocycles. The van der Waals surface area contributed by atoms with Gasteiger partial charge < -0.3 is 20.6 Å². The Kier molecular flexibility index (Phi) is 8.78. The predicted molar refractivity (Wildman–Crippen MR) is 99.1 cm³/mol. The Balaban J connectivity index is 2.67. The van der Waals surface area contributed by atoms with E-state index in [4.69, 9.17) is 0 Å². The van der Waals surface area contributed by atoms with Crippen molar-refractivity contribution < 1.29 is 19.5 Å². The normalized spacial score (nSPS) is 14.0. The number of aliphatic hydroxyl groups is 1. The van der Waals surface area contributed by atoms with Crippen LogP contribution in [0.4, 0.5) is 0 Å². The fraction of sp³-hybridized carbons (Fsp3) is 0.526. The molecule has 0 bridgehead atoms. The lowest BCUT2D eigenvalue weighted by atomic mass is 9.99. The highest BCUT2D eigenvalue weighted by molar-refractivity contribution is 5.91. The summed E-state index contributed by atoms with van der Waals surface area (Å²) in [6.07, 6.45) is 0.419. The number of rotatable bonds is 9. The standard InChI is InChI=1S/C19H29N3O4/c1-5-9-13(2)17(24)18(25)20-12-15(23)21-16(19(26)22(3)4)14-10-7-6-8-11-14/h6-8,10-11,13,16-17,24H,5,9,12H2,1-4H3,(H,20,25)(H,21,23)/t13?,16-,17?/m0/s1. The van der Waals surface area contributed by atoms with Gasteiger partial charge >= 0.3 is 0 Å². The van der Waals surface area contributed by atoms with Crippen molar-refractivity contribution in [2.75, 3.05) is 20.6 Å². The van der Waals surface area contributed by atoms with Gasteiger partial charge in [0.05, 0.1) is 6.54 Å². The highest BCUT2D eigenvalue weighted by Crippen LogP contribution is 2.14. The molecule has 0 heterocycles. The van der Waals surface area contributed by atoms with E-state index in [-0.39, 0.29) is 18.4 Å². The molecule has 26 heavy (non-hydrogen) atoms. The molecule has 7 nitrogen and oxygen atoms in total. The van der Waals surface area contributed by atoms with Crippen LogP contribution in [0, 0.1) is 5.92 Å². The summed E-state index contributed by atoms with van der Waals surface area (Å²) in [6, 6.07) is 8.05. The number of hydrogen-bond acceptors (Lipinski definition) is 4. The first-order valence-corrected chi connectivity index (χ1v) is 8.79. The number of hydrogen-bond donors (Lipinski definition) is 3. The molecule has 7 heteroatoms. The first-order chi connectivity index (χ1) is 12.3. The van der Waals surface area contributed by atoms with Crippen LogP contribution in [0.2, 0.25) is 0 Å². The maximum Gasteiger partial charge on any atom is 0.249 e. The number of amides is 3. The molecule has 0 aliphatic rings. The summed E-state index contributed by atoms with van der Waals surface area (Å²) in [7, 11) is 3.22. The zero-order chi connectivity index (χ0) is 19.7. The van der Waals surface area contributed by atoms with Crippen LogP contribution in [0.15, 0.2) is 30.3 Å². The third-order valence-electron chi connectivity index (χ3n) is 4.10. The van der Waals surface area contributed by atoms with Crippen LogP contribution >= 0.6 is 0 Å². The lowest BCUT2D eigenvalue weighted by molar-refractivity contribution is -0.136. The molecule has 0 aliphatic heterocycles. The van der Waals surface area contributed by atoms with Crippen molar-refractivity contribution in [3.8, 4) is 0 Å². The van der Waals surface area contributed by atoms with E-state index in [1.165, 1.54) is 4.90 Å². The highest BCUT2D eigenvalue weighted by atomic mass is 16.3. The second-order valence-corrected chi connectivity index (χ2v) is 6.57. The Morgan fingerprint density at radius 2 is 1.77 bits per heavy atom. The summed E-state index contributed by atoms with van der Waals surface area (Å²) < 4.78 is 0. The number of aliphatic hydroxyl groups excluding tert-OH is 1. The van der Waals surface area contributed by atoms with Crippen molar-refractivity contribution in [1.29, 1.82) is 0 Å². The molecule has 3 N–H and O–H groups in total. The number of likely N-dealkylation sites (N-methyl/N-ethyl adjacent to an activating group) is 1. The van der Waals surface area contributed by atoms with Crippen molar-refractivity contribution in [3.05, 3.63) is 35.9 Å². The quantitative estimate of drug-likeness (QED) is 0.606. The van der Waals surface area contributed by atoms with E-state index < -0.39 is 24.0 Å². The maximum absolute atomic E-state index is 12.4. The largest absolute Gasteiger partial charge is 0.383 e. The lowest BCUT2D eigenvalue weighted by Gasteiger charge is -2.22. The fourth-order valence-electron chi connectivity index (χ4n) is 2.55. The summed E-state index contributed by atoms with van der Waals surface area (Å²) >= 11 is 0. The minimum atomic E-state index is -1.16. The van der Waals surface area contributed by atoms with E-state index in [1.54, 1.807) is 45.3 Å². The first kappa shape index (κ1) is 21.6. The number of carbonyl (C=O) groups excluding carboxylic acids is 3. The molecular weight excluding hydrogens is 334 g/mol. The smallest absolute Gasteiger partial charge is 0.249 e. The average molecular weight is 363 g/mol. The zero-order valence-electron chi connectivity index (χ0n) is 15.9. The Labute approximate surface area is 154 Å². The first-order valence-electron chi connectivity index (χ1n) is 8.79. The van der Waals surface area contributed by atoms with Gasteiger partial charge in [0, 0.05) is 14.1 Å². The van der Waals surface area contributed by atoms with Crippen LogP contribution in [0.25, 0.3) is 0 Å². The van der Waals surface area contributed by atoms with E-state index in [0.717, 1.165) is 6.42 Å². The second kappa shape index (κ2) is 10.6. The van der Waals surface area contributed by atoms with Crippen molar-refractivity contribution in [1.82, 2.24) is 15.5 Å². The SMILES string of the molecule is CCCC(C)C(O)C(=O)NCC(=O)N[C@H](C(=O)N(C)C)c1ccccc1. The molecular formula is C19H29N3O4. The van der Waals surface area contributed by atoms with Crippen molar-refractivity contribution in [2.45, 2.75) is 38.8 Å². The van der Waals surface area contributed by atoms with Crippen LogP contribution < -0.4 is 10.6 Å². The lowest BCUT2D eigenvalue weighted by Crippen LogP contribution is -2.46. The molecule has 0 radical (unpaired) electrons. The van der Waals surface area contributed by atoms with Gasteiger partial charge in [0.2, 0.25) is 17.7 Å². The van der Waals surface area contributed by atoms with Gasteiger partial charge in [-0.05, 0) is 17.9 Å². The number of benzene rings is 1. The molecule has 0 saturated carbocycles. The van der Waals surface area contributed by atoms with Crippen molar-refractivity contribution in [2.24, 2.45) is 5.92 Å². The summed E-state index contributed by atoms with van der Waals surface area (Å²) in [5.41, 5.74) is 0.655. The maximum atomic E-state index is 12.4. The van der Waals surface area contributed by atoms with E-state index in [9.17, 15) is 19.5 Å². The molecule has 1 aromatic rings. The highest BCUT2D eigenvalue weighted by Gasteiger charge is 2.25. The number of nitrogens with zero attached hydrogens (tertiary/aromatic N) is 1. The third-order valence-corrected chi connectivity index (χ3v) is 4.10. The molecule has 0 spiro atoms. The van der Waals surface area contributed by atoms with E-state index in [0.29, 0.717) is 12.0 Å². The van der Waals surface area contributed by atoms with E-state index >= 15 is 0 Å². The monoisotopic (exact) mass is 363 g/mol. The van der Waals surface area contributed by atoms with Gasteiger partial charge in [0.25, 0.3) is 0 Å². The van der Waals surface area contributed by atoms with Gasteiger partial charge in [-0.1, -0.05) is 50.6 Å². The van der Waals surface area contributed by atoms with E-state index in [2.05, 4.69) is 10.6 Å². The van der Waals surface area contributed by atoms with Gasteiger partial charge in [-0.2, -0.15) is 0 Å². The number of carbonyl (C=O) groups is 3. The Hall–Kier alpha value is -2.41. The topological polar surface area (TPSA) is 98.7 Å². The van der Waals surface area contributed by atoms with Crippen LogP contribution in [-0.4, -0.2) is 54.5 Å². The van der Waals surface area contributed by atoms with Crippen LogP contribution in [0.5, 0.6) is 0 Å². The van der Waals surface area contributed by atoms with Crippen LogP contribution in [0.1, 0.15) is 38.3 Å². The minimum absolute atomic E-state index is 0.185. The molecule has 2 unspecified atom stereocenters. The second-order valence-electron chi connectivity index (χ2n) is 6.57. The predicted octanol–water partition coefficient (Wildman–Crippen LogP) is 0.845. The molecule has 0 aliphatic carbocycles. The zero-order valence-corrected chi connectivity index (χ0v) is 15.9. The van der Waals surface area contributed by atoms with Crippen LogP contribution in [0.3, 0.4) is 0 Å². The Morgan fingerprint density at radius 3 is 2.31 bits per heavy atom. The Morgan fingerprint density at radius 1 is 1.15 bits per heavy atom. The molecule has 0 saturated heterocycles. The summed E-state index contributed by atoms with van der Waals surface area (Å²) in [5, 5.41) is 15.0. The molecule has 144 valence electrons. The summed E-state index contributed by atoms with van der Waals surface area (Å²) in [4.78, 5) is 37.9. The van der Waals surface area contributed by atoms with Crippen molar-refractivity contribution in [3.63, 3.8) is 0 Å². The summed E-state index contributed by atoms with van der Waals surface area (Å²) in [6.45, 7) is 3.45. The molecule has 3 atom stereocenters. The van der Waals surface area contributed by atoms with E-state index in [1.807, 2.05) is 13.0 Å². The summed E-state index contributed by atoms with van der Waals surface area (Å²) in [5.74, 6) is -1.54. The van der Waals surface area contributed by atoms with Gasteiger partial charge in [-0.15, -0.1) is 0 Å². The van der Waals surface area contributed by atoms with Crippen molar-refractivity contribution >= 4 is 17.7 Å². The minimum Gasteiger partial charge on any atom is -0.383 e. The average Bonchev–Trinajstić information content (AvgIpc) is 2.63. The molecule has 3 amide bonds. The van der Waals surface area contributed by atoms with Crippen LogP contribution in [-0.2, 0) is 14.4 Å². The molecule has 0 fully saturated rings.